The van der Waals surface area contributed by atoms with Crippen LogP contribution in [0.1, 0.15) is 24.8 Å². The van der Waals surface area contributed by atoms with Crippen LogP contribution < -0.4 is 4.72 Å². The number of aromatic amines is 1. The van der Waals surface area contributed by atoms with E-state index in [4.69, 9.17) is 12.2 Å². The molecule has 0 aliphatic heterocycles. The zero-order valence-corrected chi connectivity index (χ0v) is 15.5. The molecule has 1 fully saturated rings. The van der Waals surface area contributed by atoms with Crippen LogP contribution in [0.4, 0.5) is 0 Å². The molecule has 7 nitrogen and oxygen atoms in total. The fourth-order valence-corrected chi connectivity index (χ4v) is 5.05. The average molecular weight is 382 g/mol. The van der Waals surface area contributed by atoms with Gasteiger partial charge in [0.1, 0.15) is 5.01 Å². The molecule has 0 atom stereocenters. The van der Waals surface area contributed by atoms with Gasteiger partial charge < -0.3 is 4.98 Å². The summed E-state index contributed by atoms with van der Waals surface area (Å²) in [5.74, 6) is 0. The van der Waals surface area contributed by atoms with Crippen molar-refractivity contribution in [3.8, 4) is 5.13 Å². The van der Waals surface area contributed by atoms with Crippen molar-refractivity contribution in [3.05, 3.63) is 28.0 Å². The van der Waals surface area contributed by atoms with Crippen molar-refractivity contribution in [2.75, 3.05) is 0 Å². The quantitative estimate of drug-likeness (QED) is 0.678. The lowest BCUT2D eigenvalue weighted by Gasteiger charge is -2.12. The van der Waals surface area contributed by atoms with E-state index >= 15 is 0 Å². The molecule has 0 radical (unpaired) electrons. The summed E-state index contributed by atoms with van der Waals surface area (Å²) in [6, 6.07) is 4.93. The van der Waals surface area contributed by atoms with Crippen molar-refractivity contribution in [2.45, 2.75) is 37.1 Å². The minimum absolute atomic E-state index is 0.222. The van der Waals surface area contributed by atoms with Crippen molar-refractivity contribution in [1.82, 2.24) is 24.5 Å². The molecule has 0 amide bonds. The number of sulfonamides is 1. The van der Waals surface area contributed by atoms with Gasteiger partial charge in [-0.15, -0.1) is 10.2 Å². The smallest absolute Gasteiger partial charge is 0.241 e. The van der Waals surface area contributed by atoms with E-state index < -0.39 is 10.0 Å². The van der Waals surface area contributed by atoms with E-state index in [2.05, 4.69) is 19.9 Å². The van der Waals surface area contributed by atoms with Gasteiger partial charge in [0.05, 0.1) is 15.9 Å². The third-order valence-corrected chi connectivity index (χ3v) is 6.80. The average Bonchev–Trinajstić information content (AvgIpc) is 2.92. The number of nitrogens with one attached hydrogen (secondary N) is 2. The summed E-state index contributed by atoms with van der Waals surface area (Å²) in [7, 11) is -3.55. The van der Waals surface area contributed by atoms with Crippen molar-refractivity contribution < 1.29 is 8.42 Å². The van der Waals surface area contributed by atoms with Crippen LogP contribution in [0.15, 0.2) is 23.1 Å². The van der Waals surface area contributed by atoms with Gasteiger partial charge in [0.15, 0.2) is 4.77 Å². The maximum Gasteiger partial charge on any atom is 0.241 e. The molecule has 0 spiro atoms. The SMILES string of the molecule is Cc1nnc(-n2c(=S)[nH]c3cc(S(=O)(=O)NC4(C)CC4)ccc32)s1. The van der Waals surface area contributed by atoms with Crippen LogP contribution in [0.2, 0.25) is 0 Å². The summed E-state index contributed by atoms with van der Waals surface area (Å²) in [5, 5.41) is 9.61. The molecule has 0 unspecified atom stereocenters. The molecule has 1 aliphatic carbocycles. The summed E-state index contributed by atoms with van der Waals surface area (Å²) in [6.45, 7) is 3.78. The molecule has 1 aromatic carbocycles. The summed E-state index contributed by atoms with van der Waals surface area (Å²) in [5.41, 5.74) is 1.11. The number of aryl methyl sites for hydroxylation is 1. The van der Waals surface area contributed by atoms with Gasteiger partial charge in [0.2, 0.25) is 15.2 Å². The van der Waals surface area contributed by atoms with E-state index in [0.29, 0.717) is 15.4 Å². The standard InChI is InChI=1S/C14H15N5O2S3/c1-8-16-17-13(23-8)19-11-4-3-9(7-10(11)15-12(19)22)24(20,21)18-14(2)5-6-14/h3-4,7,18H,5-6H2,1-2H3,(H,15,22). The summed E-state index contributed by atoms with van der Waals surface area (Å²) in [6.07, 6.45) is 1.73. The number of hydrogen-bond acceptors (Lipinski definition) is 6. The highest BCUT2D eigenvalue weighted by atomic mass is 32.2. The highest BCUT2D eigenvalue weighted by Crippen LogP contribution is 2.36. The Hall–Kier alpha value is -1.62. The van der Waals surface area contributed by atoms with Gasteiger partial charge in [-0.1, -0.05) is 11.3 Å². The molecule has 2 N–H and O–H groups in total. The first-order chi connectivity index (χ1) is 11.3. The molecule has 1 aliphatic rings. The zero-order valence-electron chi connectivity index (χ0n) is 13.0. The first kappa shape index (κ1) is 15.9. The fourth-order valence-electron chi connectivity index (χ4n) is 2.50. The van der Waals surface area contributed by atoms with E-state index in [-0.39, 0.29) is 10.4 Å². The third kappa shape index (κ3) is 2.69. The van der Waals surface area contributed by atoms with E-state index in [9.17, 15) is 8.42 Å². The zero-order chi connectivity index (χ0) is 17.1. The first-order valence-electron chi connectivity index (χ1n) is 7.37. The molecular weight excluding hydrogens is 366 g/mol. The number of hydrogen-bond donors (Lipinski definition) is 2. The molecule has 24 heavy (non-hydrogen) atoms. The number of H-pyrrole nitrogens is 1. The number of nitrogens with zero attached hydrogens (tertiary/aromatic N) is 3. The second-order valence-electron chi connectivity index (χ2n) is 6.21. The highest BCUT2D eigenvalue weighted by Gasteiger charge is 2.41. The Bertz CT molecular complexity index is 1110. The van der Waals surface area contributed by atoms with Gasteiger partial charge in [-0.05, 0) is 57.1 Å². The van der Waals surface area contributed by atoms with Crippen molar-refractivity contribution in [1.29, 1.82) is 0 Å². The molecular formula is C14H15N5O2S3. The molecule has 2 aromatic heterocycles. The van der Waals surface area contributed by atoms with Crippen LogP contribution in [-0.2, 0) is 10.0 Å². The largest absolute Gasteiger partial charge is 0.330 e. The lowest BCUT2D eigenvalue weighted by molar-refractivity contribution is 0.558. The van der Waals surface area contributed by atoms with Crippen molar-refractivity contribution >= 4 is 44.6 Å². The van der Waals surface area contributed by atoms with E-state index in [1.807, 2.05) is 13.8 Å². The topological polar surface area (TPSA) is 92.7 Å². The monoisotopic (exact) mass is 381 g/mol. The van der Waals surface area contributed by atoms with Crippen LogP contribution in [0, 0.1) is 11.7 Å². The van der Waals surface area contributed by atoms with Gasteiger partial charge in [0, 0.05) is 5.54 Å². The Labute approximate surface area is 147 Å². The number of imidazole rings is 1. The predicted molar refractivity (Wildman–Crippen MR) is 94.6 cm³/mol. The molecule has 0 saturated heterocycles. The second kappa shape index (κ2) is 5.19. The number of benzene rings is 1. The lowest BCUT2D eigenvalue weighted by Crippen LogP contribution is -2.34. The van der Waals surface area contributed by atoms with Crippen molar-refractivity contribution in [2.24, 2.45) is 0 Å². The molecule has 4 rings (SSSR count). The van der Waals surface area contributed by atoms with Gasteiger partial charge in [-0.3, -0.25) is 4.57 Å². The van der Waals surface area contributed by atoms with Gasteiger partial charge in [-0.25, -0.2) is 13.1 Å². The maximum absolute atomic E-state index is 12.5. The van der Waals surface area contributed by atoms with Gasteiger partial charge >= 0.3 is 0 Å². The Morgan fingerprint density at radius 1 is 1.38 bits per heavy atom. The molecule has 126 valence electrons. The number of fused-ring (bicyclic) bond motifs is 1. The second-order valence-corrected chi connectivity index (χ2v) is 9.44. The molecule has 10 heteroatoms. The molecule has 2 heterocycles. The fraction of sp³-hybridized carbons (Fsp3) is 0.357. The summed E-state index contributed by atoms with van der Waals surface area (Å²) in [4.78, 5) is 3.27. The predicted octanol–water partition coefficient (Wildman–Crippen LogP) is 2.68. The molecule has 1 saturated carbocycles. The molecule has 3 aromatic rings. The lowest BCUT2D eigenvalue weighted by atomic mass is 10.3. The highest BCUT2D eigenvalue weighted by molar-refractivity contribution is 7.89. The third-order valence-electron chi connectivity index (χ3n) is 4.05. The number of aromatic nitrogens is 4. The Morgan fingerprint density at radius 2 is 2.12 bits per heavy atom. The minimum Gasteiger partial charge on any atom is -0.330 e. The van der Waals surface area contributed by atoms with Crippen LogP contribution >= 0.6 is 23.6 Å². The Kier molecular flexibility index (Phi) is 3.43. The first-order valence-corrected chi connectivity index (χ1v) is 10.1. The van der Waals surface area contributed by atoms with E-state index in [1.165, 1.54) is 11.3 Å². The molecule has 0 bridgehead atoms. The van der Waals surface area contributed by atoms with Crippen LogP contribution in [-0.4, -0.2) is 33.7 Å². The van der Waals surface area contributed by atoms with E-state index in [1.54, 1.807) is 22.8 Å². The minimum atomic E-state index is -3.55. The van der Waals surface area contributed by atoms with Crippen LogP contribution in [0.3, 0.4) is 0 Å². The Morgan fingerprint density at radius 3 is 2.75 bits per heavy atom. The van der Waals surface area contributed by atoms with Crippen LogP contribution in [0.5, 0.6) is 0 Å². The van der Waals surface area contributed by atoms with E-state index in [0.717, 1.165) is 23.4 Å². The van der Waals surface area contributed by atoms with Gasteiger partial charge in [0.25, 0.3) is 0 Å². The van der Waals surface area contributed by atoms with Gasteiger partial charge in [-0.2, -0.15) is 0 Å². The summed E-state index contributed by atoms with van der Waals surface area (Å²) < 4.78 is 30.0. The Balaban J connectivity index is 1.82. The van der Waals surface area contributed by atoms with Crippen LogP contribution in [0.25, 0.3) is 16.2 Å². The summed E-state index contributed by atoms with van der Waals surface area (Å²) >= 11 is 6.78. The maximum atomic E-state index is 12.5. The van der Waals surface area contributed by atoms with Crippen molar-refractivity contribution in [3.63, 3.8) is 0 Å². The number of rotatable bonds is 4. The normalized spacial score (nSPS) is 16.6.